The van der Waals surface area contributed by atoms with Gasteiger partial charge in [-0.25, -0.2) is 4.79 Å². The Morgan fingerprint density at radius 3 is 2.33 bits per heavy atom. The molecule has 0 radical (unpaired) electrons. The van der Waals surface area contributed by atoms with Crippen molar-refractivity contribution in [1.29, 1.82) is 0 Å². The van der Waals surface area contributed by atoms with Crippen molar-refractivity contribution in [3.8, 4) is 0 Å². The average Bonchev–Trinajstić information content (AvgIpc) is 2.44. The number of nitrogens with zero attached hydrogens (tertiary/aromatic N) is 2. The van der Waals surface area contributed by atoms with Gasteiger partial charge in [0.15, 0.2) is 0 Å². The molecule has 4 nitrogen and oxygen atoms in total. The highest BCUT2D eigenvalue weighted by atomic mass is 16.3. The SMILES string of the molecule is CC(C)N1C(=O)N(c2cccc3ccccc23)[C@@](C)(O)CC1(C)C. The van der Waals surface area contributed by atoms with Crippen LogP contribution in [0.3, 0.4) is 0 Å². The quantitative estimate of drug-likeness (QED) is 0.890. The number of carbonyl (C=O) groups excluding carboxylic acids is 1. The summed E-state index contributed by atoms with van der Waals surface area (Å²) in [6.45, 7) is 9.79. The Kier molecular flexibility index (Phi) is 3.83. The third kappa shape index (κ3) is 2.55. The highest BCUT2D eigenvalue weighted by Gasteiger charge is 2.51. The van der Waals surface area contributed by atoms with Crippen LogP contribution in [0.25, 0.3) is 10.8 Å². The van der Waals surface area contributed by atoms with Crippen molar-refractivity contribution in [1.82, 2.24) is 4.90 Å². The van der Waals surface area contributed by atoms with Crippen molar-refractivity contribution < 1.29 is 9.90 Å². The second kappa shape index (κ2) is 5.49. The maximum atomic E-state index is 13.3. The van der Waals surface area contributed by atoms with Gasteiger partial charge in [0, 0.05) is 23.4 Å². The molecule has 0 bridgehead atoms. The molecule has 0 saturated carbocycles. The minimum Gasteiger partial charge on any atom is -0.371 e. The van der Waals surface area contributed by atoms with E-state index in [0.717, 1.165) is 16.5 Å². The maximum absolute atomic E-state index is 13.3. The Labute approximate surface area is 143 Å². The summed E-state index contributed by atoms with van der Waals surface area (Å²) in [6.07, 6.45) is 0.479. The minimum absolute atomic E-state index is 0.0566. The number of fused-ring (bicyclic) bond motifs is 1. The van der Waals surface area contributed by atoms with E-state index in [1.165, 1.54) is 0 Å². The second-order valence-corrected chi connectivity index (χ2v) is 7.79. The number of hydrogen-bond donors (Lipinski definition) is 1. The van der Waals surface area contributed by atoms with Gasteiger partial charge in [-0.1, -0.05) is 36.4 Å². The monoisotopic (exact) mass is 326 g/mol. The van der Waals surface area contributed by atoms with Crippen molar-refractivity contribution >= 4 is 22.5 Å². The summed E-state index contributed by atoms with van der Waals surface area (Å²) >= 11 is 0. The first-order chi connectivity index (χ1) is 11.1. The summed E-state index contributed by atoms with van der Waals surface area (Å²) in [6, 6.07) is 13.7. The van der Waals surface area contributed by atoms with Crippen LogP contribution in [-0.4, -0.2) is 33.3 Å². The molecule has 2 amide bonds. The van der Waals surface area contributed by atoms with Crippen molar-refractivity contribution in [3.05, 3.63) is 42.5 Å². The predicted molar refractivity (Wildman–Crippen MR) is 98.1 cm³/mol. The Bertz CT molecular complexity index is 775. The first-order valence-corrected chi connectivity index (χ1v) is 8.49. The number of carbonyl (C=O) groups is 1. The van der Waals surface area contributed by atoms with Crippen LogP contribution in [-0.2, 0) is 0 Å². The van der Waals surface area contributed by atoms with Gasteiger partial charge < -0.3 is 10.0 Å². The third-order valence-electron chi connectivity index (χ3n) is 4.82. The summed E-state index contributed by atoms with van der Waals surface area (Å²) in [5.74, 6) is 0. The van der Waals surface area contributed by atoms with Crippen LogP contribution < -0.4 is 4.90 Å². The average molecular weight is 326 g/mol. The zero-order valence-electron chi connectivity index (χ0n) is 15.1. The first-order valence-electron chi connectivity index (χ1n) is 8.49. The molecule has 1 fully saturated rings. The van der Waals surface area contributed by atoms with Crippen LogP contribution in [0, 0.1) is 0 Å². The largest absolute Gasteiger partial charge is 0.371 e. The number of aliphatic hydroxyl groups is 1. The smallest absolute Gasteiger partial charge is 0.327 e. The normalized spacial score (nSPS) is 24.0. The summed E-state index contributed by atoms with van der Waals surface area (Å²) in [7, 11) is 0. The van der Waals surface area contributed by atoms with Gasteiger partial charge >= 0.3 is 6.03 Å². The van der Waals surface area contributed by atoms with E-state index in [9.17, 15) is 9.90 Å². The number of hydrogen-bond acceptors (Lipinski definition) is 2. The molecule has 0 spiro atoms. The van der Waals surface area contributed by atoms with Crippen molar-refractivity contribution in [3.63, 3.8) is 0 Å². The molecule has 128 valence electrons. The molecule has 2 aromatic rings. The van der Waals surface area contributed by atoms with Crippen LogP contribution in [0.4, 0.5) is 10.5 Å². The van der Waals surface area contributed by atoms with Crippen LogP contribution in [0.5, 0.6) is 0 Å². The predicted octanol–water partition coefficient (Wildman–Crippen LogP) is 4.37. The number of rotatable bonds is 2. The first kappa shape index (κ1) is 16.8. The van der Waals surface area contributed by atoms with Gasteiger partial charge in [-0.05, 0) is 46.1 Å². The fourth-order valence-electron chi connectivity index (χ4n) is 4.24. The zero-order valence-corrected chi connectivity index (χ0v) is 15.1. The molecule has 4 heteroatoms. The van der Waals surface area contributed by atoms with Gasteiger partial charge in [0.25, 0.3) is 0 Å². The van der Waals surface area contributed by atoms with E-state index < -0.39 is 11.3 Å². The standard InChI is InChI=1S/C20H26N2O2/c1-14(2)21-18(23)22(20(5,24)13-19(21,3)4)17-12-8-10-15-9-6-7-11-16(15)17/h6-12,14,24H,13H2,1-5H3/t20-/m0/s1. The maximum Gasteiger partial charge on any atom is 0.327 e. The highest BCUT2D eigenvalue weighted by Crippen LogP contribution is 2.41. The Morgan fingerprint density at radius 2 is 1.67 bits per heavy atom. The van der Waals surface area contributed by atoms with Gasteiger partial charge in [-0.3, -0.25) is 4.90 Å². The number of urea groups is 1. The fraction of sp³-hybridized carbons (Fsp3) is 0.450. The lowest BCUT2D eigenvalue weighted by Crippen LogP contribution is -2.69. The molecule has 3 rings (SSSR count). The molecule has 1 atom stereocenters. The molecule has 24 heavy (non-hydrogen) atoms. The molecule has 2 aromatic carbocycles. The zero-order chi connectivity index (χ0) is 17.7. The van der Waals surface area contributed by atoms with E-state index in [2.05, 4.69) is 0 Å². The van der Waals surface area contributed by atoms with E-state index >= 15 is 0 Å². The van der Waals surface area contributed by atoms with Crippen LogP contribution in [0.15, 0.2) is 42.5 Å². The van der Waals surface area contributed by atoms with Gasteiger partial charge in [0.2, 0.25) is 0 Å². The molecule has 0 unspecified atom stereocenters. The molecule has 1 aliphatic heterocycles. The van der Waals surface area contributed by atoms with Crippen molar-refractivity contribution in [2.24, 2.45) is 0 Å². The van der Waals surface area contributed by atoms with Gasteiger partial charge in [0.05, 0.1) is 5.69 Å². The Balaban J connectivity index is 2.19. The third-order valence-corrected chi connectivity index (χ3v) is 4.82. The molecule has 1 N–H and O–H groups in total. The summed E-state index contributed by atoms with van der Waals surface area (Å²) in [4.78, 5) is 16.8. The molecule has 0 aromatic heterocycles. The van der Waals surface area contributed by atoms with Gasteiger partial charge in [-0.15, -0.1) is 0 Å². The van der Waals surface area contributed by atoms with E-state index in [1.807, 2.05) is 75.1 Å². The lowest BCUT2D eigenvalue weighted by Gasteiger charge is -2.55. The molecule has 1 heterocycles. The minimum atomic E-state index is -1.24. The van der Waals surface area contributed by atoms with E-state index in [0.29, 0.717) is 6.42 Å². The van der Waals surface area contributed by atoms with Crippen LogP contribution in [0.2, 0.25) is 0 Å². The summed E-state index contributed by atoms with van der Waals surface area (Å²) < 4.78 is 0. The second-order valence-electron chi connectivity index (χ2n) is 7.79. The summed E-state index contributed by atoms with van der Waals surface area (Å²) in [5, 5.41) is 13.2. The molecule has 0 aliphatic carbocycles. The highest BCUT2D eigenvalue weighted by molar-refractivity contribution is 6.04. The summed E-state index contributed by atoms with van der Waals surface area (Å²) in [5.41, 5.74) is -0.893. The Morgan fingerprint density at radius 1 is 1.04 bits per heavy atom. The lowest BCUT2D eigenvalue weighted by molar-refractivity contribution is -0.0333. The van der Waals surface area contributed by atoms with Gasteiger partial charge in [0.1, 0.15) is 5.72 Å². The van der Waals surface area contributed by atoms with Crippen molar-refractivity contribution in [2.45, 2.75) is 58.3 Å². The van der Waals surface area contributed by atoms with E-state index in [-0.39, 0.29) is 12.1 Å². The lowest BCUT2D eigenvalue weighted by atomic mass is 9.86. The number of benzene rings is 2. The molecular weight excluding hydrogens is 300 g/mol. The van der Waals surface area contributed by atoms with Crippen LogP contribution >= 0.6 is 0 Å². The fourth-order valence-corrected chi connectivity index (χ4v) is 4.24. The number of amides is 2. The van der Waals surface area contributed by atoms with E-state index in [4.69, 9.17) is 0 Å². The van der Waals surface area contributed by atoms with E-state index in [1.54, 1.807) is 11.8 Å². The molecule has 1 saturated heterocycles. The topological polar surface area (TPSA) is 43.8 Å². The Hall–Kier alpha value is -2.07. The van der Waals surface area contributed by atoms with Crippen molar-refractivity contribution in [2.75, 3.05) is 4.90 Å². The molecular formula is C20H26N2O2. The van der Waals surface area contributed by atoms with Crippen LogP contribution in [0.1, 0.15) is 41.0 Å². The van der Waals surface area contributed by atoms with Gasteiger partial charge in [-0.2, -0.15) is 0 Å². The molecule has 1 aliphatic rings. The number of anilines is 1.